The van der Waals surface area contributed by atoms with E-state index in [0.717, 1.165) is 12.8 Å². The van der Waals surface area contributed by atoms with Crippen molar-refractivity contribution in [2.75, 3.05) is 11.9 Å². The number of hydrogen-bond donors (Lipinski definition) is 3. The van der Waals surface area contributed by atoms with Gasteiger partial charge in [0.1, 0.15) is 18.5 Å². The lowest BCUT2D eigenvalue weighted by atomic mass is 10.2. The van der Waals surface area contributed by atoms with Gasteiger partial charge in [-0.05, 0) is 12.8 Å². The third kappa shape index (κ3) is 2.23. The highest BCUT2D eigenvalue weighted by atomic mass is 16.5. The molecule has 2 aromatic rings. The van der Waals surface area contributed by atoms with Crippen molar-refractivity contribution in [3.8, 4) is 0 Å². The van der Waals surface area contributed by atoms with E-state index in [2.05, 4.69) is 20.3 Å². The zero-order valence-corrected chi connectivity index (χ0v) is 12.1. The molecule has 3 heterocycles. The number of fused-ring (bicyclic) bond motifs is 1. The van der Waals surface area contributed by atoms with Crippen molar-refractivity contribution in [3.05, 3.63) is 12.7 Å². The molecule has 22 heavy (non-hydrogen) atoms. The number of aliphatic hydroxyl groups excluding tert-OH is 2. The molecule has 0 aromatic carbocycles. The first-order valence-electron chi connectivity index (χ1n) is 7.66. The van der Waals surface area contributed by atoms with Gasteiger partial charge >= 0.3 is 0 Å². The van der Waals surface area contributed by atoms with Gasteiger partial charge in [-0.2, -0.15) is 0 Å². The number of hydrogen-bond acceptors (Lipinski definition) is 7. The maximum absolute atomic E-state index is 10.0. The zero-order chi connectivity index (χ0) is 15.1. The van der Waals surface area contributed by atoms with Crippen LogP contribution in [0.15, 0.2) is 12.7 Å². The number of rotatable bonds is 3. The highest BCUT2D eigenvalue weighted by molar-refractivity contribution is 5.82. The summed E-state index contributed by atoms with van der Waals surface area (Å²) in [5.41, 5.74) is 1.25. The zero-order valence-electron chi connectivity index (χ0n) is 12.1. The van der Waals surface area contributed by atoms with E-state index in [1.165, 1.54) is 19.2 Å². The van der Waals surface area contributed by atoms with Crippen LogP contribution in [0.2, 0.25) is 0 Å². The normalized spacial score (nSPS) is 29.5. The number of nitrogens with one attached hydrogen (secondary N) is 1. The van der Waals surface area contributed by atoms with Crippen LogP contribution in [0.4, 0.5) is 5.82 Å². The summed E-state index contributed by atoms with van der Waals surface area (Å²) in [5.74, 6) is 0.712. The predicted molar refractivity (Wildman–Crippen MR) is 78.2 cm³/mol. The summed E-state index contributed by atoms with van der Waals surface area (Å²) in [5, 5.41) is 23.1. The molecule has 3 atom stereocenters. The Hall–Kier alpha value is -1.77. The number of aromatic nitrogens is 4. The molecule has 0 amide bonds. The average Bonchev–Trinajstić information content (AvgIpc) is 3.23. The van der Waals surface area contributed by atoms with Crippen LogP contribution in [0, 0.1) is 0 Å². The van der Waals surface area contributed by atoms with E-state index in [4.69, 9.17) is 4.74 Å². The van der Waals surface area contributed by atoms with Crippen LogP contribution in [0.1, 0.15) is 31.9 Å². The van der Waals surface area contributed by atoms with Crippen LogP contribution in [-0.4, -0.2) is 54.6 Å². The van der Waals surface area contributed by atoms with Crippen LogP contribution in [0.25, 0.3) is 11.2 Å². The first kappa shape index (κ1) is 13.9. The monoisotopic (exact) mass is 305 g/mol. The minimum atomic E-state index is -0.987. The topological polar surface area (TPSA) is 105 Å². The fourth-order valence-electron chi connectivity index (χ4n) is 3.24. The Labute approximate surface area is 127 Å². The number of ether oxygens (including phenoxy) is 1. The molecule has 118 valence electrons. The highest BCUT2D eigenvalue weighted by Crippen LogP contribution is 2.29. The van der Waals surface area contributed by atoms with E-state index >= 15 is 0 Å². The molecule has 3 N–H and O–H groups in total. The Morgan fingerprint density at radius 2 is 2.00 bits per heavy atom. The fraction of sp³-hybridized carbons (Fsp3) is 0.643. The van der Waals surface area contributed by atoms with Crippen LogP contribution in [0.5, 0.6) is 0 Å². The second-order valence-corrected chi connectivity index (χ2v) is 5.95. The van der Waals surface area contributed by atoms with Crippen molar-refractivity contribution in [2.24, 2.45) is 0 Å². The van der Waals surface area contributed by atoms with E-state index in [1.54, 1.807) is 10.9 Å². The van der Waals surface area contributed by atoms with E-state index in [0.29, 0.717) is 23.0 Å². The standard InChI is InChI=1S/C14H19N5O3/c20-9-5-22-14(11(9)21)19-7-17-10-12(15-6-16-13(10)19)18-8-3-1-2-4-8/h6-9,11,14,20-21H,1-5H2,(H,15,16,18)/t9-,11-,14-/m1/s1. The van der Waals surface area contributed by atoms with Gasteiger partial charge in [-0.25, -0.2) is 15.0 Å². The molecule has 2 aliphatic rings. The summed E-state index contributed by atoms with van der Waals surface area (Å²) in [7, 11) is 0. The van der Waals surface area contributed by atoms with Crippen molar-refractivity contribution in [1.29, 1.82) is 0 Å². The minimum absolute atomic E-state index is 0.101. The molecule has 0 unspecified atom stereocenters. The van der Waals surface area contributed by atoms with Gasteiger partial charge in [-0.1, -0.05) is 12.8 Å². The Morgan fingerprint density at radius 1 is 1.18 bits per heavy atom. The largest absolute Gasteiger partial charge is 0.388 e. The molecule has 8 nitrogen and oxygen atoms in total. The number of aliphatic hydroxyl groups is 2. The number of nitrogens with zero attached hydrogens (tertiary/aromatic N) is 4. The maximum Gasteiger partial charge on any atom is 0.167 e. The molecule has 4 rings (SSSR count). The molecular formula is C14H19N5O3. The summed E-state index contributed by atoms with van der Waals surface area (Å²) >= 11 is 0. The smallest absolute Gasteiger partial charge is 0.167 e. The van der Waals surface area contributed by atoms with Gasteiger partial charge in [-0.15, -0.1) is 0 Å². The van der Waals surface area contributed by atoms with Crippen molar-refractivity contribution in [3.63, 3.8) is 0 Å². The number of imidazole rings is 1. The summed E-state index contributed by atoms with van der Waals surface area (Å²) < 4.78 is 7.10. The Kier molecular flexibility index (Phi) is 3.44. The average molecular weight is 305 g/mol. The van der Waals surface area contributed by atoms with E-state index in [-0.39, 0.29) is 6.61 Å². The molecule has 8 heteroatoms. The molecule has 1 aliphatic heterocycles. The van der Waals surface area contributed by atoms with Gasteiger partial charge in [0.15, 0.2) is 23.2 Å². The summed E-state index contributed by atoms with van der Waals surface area (Å²) in [6.07, 6.45) is 5.26. The Balaban J connectivity index is 1.67. The third-order valence-corrected chi connectivity index (χ3v) is 4.45. The van der Waals surface area contributed by atoms with Gasteiger partial charge in [-0.3, -0.25) is 4.57 Å². The van der Waals surface area contributed by atoms with Gasteiger partial charge in [0.05, 0.1) is 12.9 Å². The molecule has 1 saturated carbocycles. The van der Waals surface area contributed by atoms with Crippen molar-refractivity contribution in [1.82, 2.24) is 19.5 Å². The molecule has 0 spiro atoms. The van der Waals surface area contributed by atoms with Crippen LogP contribution in [0.3, 0.4) is 0 Å². The second-order valence-electron chi connectivity index (χ2n) is 5.95. The maximum atomic E-state index is 10.0. The lowest BCUT2D eigenvalue weighted by Gasteiger charge is -2.17. The molecule has 2 aromatic heterocycles. The molecule has 0 bridgehead atoms. The van der Waals surface area contributed by atoms with Crippen LogP contribution < -0.4 is 5.32 Å². The van der Waals surface area contributed by atoms with E-state index in [9.17, 15) is 10.2 Å². The summed E-state index contributed by atoms with van der Waals surface area (Å²) in [6.45, 7) is 0.101. The molecule has 1 aliphatic carbocycles. The lowest BCUT2D eigenvalue weighted by molar-refractivity contribution is -0.0162. The summed E-state index contributed by atoms with van der Waals surface area (Å²) in [6, 6.07) is 0.429. The number of anilines is 1. The van der Waals surface area contributed by atoms with Gasteiger partial charge in [0.2, 0.25) is 0 Å². The van der Waals surface area contributed by atoms with Gasteiger partial charge in [0, 0.05) is 6.04 Å². The minimum Gasteiger partial charge on any atom is -0.388 e. The Morgan fingerprint density at radius 3 is 2.73 bits per heavy atom. The third-order valence-electron chi connectivity index (χ3n) is 4.45. The lowest BCUT2D eigenvalue weighted by Crippen LogP contribution is -2.28. The van der Waals surface area contributed by atoms with Crippen molar-refractivity contribution in [2.45, 2.75) is 50.2 Å². The Bertz CT molecular complexity index is 670. The van der Waals surface area contributed by atoms with Gasteiger partial charge in [0.25, 0.3) is 0 Å². The van der Waals surface area contributed by atoms with Crippen molar-refractivity contribution < 1.29 is 14.9 Å². The molecule has 2 fully saturated rings. The van der Waals surface area contributed by atoms with Gasteiger partial charge < -0.3 is 20.3 Å². The molecule has 0 radical (unpaired) electrons. The SMILES string of the molecule is O[C@@H]1[C@H](O)CO[C@H]1n1cnc2c(NC3CCCC3)ncnc21. The first-order chi connectivity index (χ1) is 10.7. The van der Waals surface area contributed by atoms with Crippen LogP contribution >= 0.6 is 0 Å². The quantitative estimate of drug-likeness (QED) is 0.755. The van der Waals surface area contributed by atoms with E-state index < -0.39 is 18.4 Å². The fourth-order valence-corrected chi connectivity index (χ4v) is 3.24. The van der Waals surface area contributed by atoms with Crippen molar-refractivity contribution >= 4 is 17.0 Å². The highest BCUT2D eigenvalue weighted by Gasteiger charge is 2.37. The predicted octanol–water partition coefficient (Wildman–Crippen LogP) is 0.431. The summed E-state index contributed by atoms with van der Waals surface area (Å²) in [4.78, 5) is 12.9. The van der Waals surface area contributed by atoms with E-state index in [1.807, 2.05) is 0 Å². The second kappa shape index (κ2) is 5.45. The van der Waals surface area contributed by atoms with Crippen LogP contribution in [-0.2, 0) is 4.74 Å². The first-order valence-corrected chi connectivity index (χ1v) is 7.66. The molecular weight excluding hydrogens is 286 g/mol. The molecule has 1 saturated heterocycles.